The summed E-state index contributed by atoms with van der Waals surface area (Å²) in [7, 11) is 0.187. The molecule has 1 saturated carbocycles. The smallest absolute Gasteiger partial charge is 0.0161 e. The molecule has 1 unspecified atom stereocenters. The molecule has 2 aliphatic carbocycles. The Balaban J connectivity index is 2.04. The van der Waals surface area contributed by atoms with Crippen molar-refractivity contribution in [2.45, 2.75) is 62.9 Å². The molecule has 0 heterocycles. The van der Waals surface area contributed by atoms with Gasteiger partial charge in [-0.25, -0.2) is 0 Å². The van der Waals surface area contributed by atoms with Gasteiger partial charge in [-0.15, -0.1) is 0 Å². The number of hydrogen-bond acceptors (Lipinski definition) is 0. The summed E-state index contributed by atoms with van der Waals surface area (Å²) in [6.07, 6.45) is 16.8. The Bertz CT molecular complexity index is 234. The quantitative estimate of drug-likeness (QED) is 0.607. The van der Waals surface area contributed by atoms with Crippen LogP contribution >= 0.6 is 7.92 Å². The minimum atomic E-state index is 0.187. The van der Waals surface area contributed by atoms with E-state index in [1.165, 1.54) is 32.1 Å². The van der Waals surface area contributed by atoms with Gasteiger partial charge in [-0.1, -0.05) is 65.3 Å². The van der Waals surface area contributed by atoms with E-state index in [0.29, 0.717) is 0 Å². The predicted molar refractivity (Wildman–Crippen MR) is 71.0 cm³/mol. The molecule has 0 aliphatic heterocycles. The van der Waals surface area contributed by atoms with E-state index in [9.17, 15) is 0 Å². The molecule has 15 heavy (non-hydrogen) atoms. The van der Waals surface area contributed by atoms with E-state index in [1.54, 1.807) is 0 Å². The fourth-order valence-electron chi connectivity index (χ4n) is 3.01. The van der Waals surface area contributed by atoms with Crippen LogP contribution in [0.5, 0.6) is 0 Å². The van der Waals surface area contributed by atoms with E-state index < -0.39 is 0 Å². The fourth-order valence-corrected chi connectivity index (χ4v) is 6.58. The minimum Gasteiger partial charge on any atom is -0.0898 e. The monoisotopic (exact) mass is 222 g/mol. The Labute approximate surface area is 95.6 Å². The molecule has 0 bridgehead atoms. The van der Waals surface area contributed by atoms with Crippen molar-refractivity contribution in [2.75, 3.05) is 0 Å². The molecule has 0 aromatic rings. The fraction of sp³-hybridized carbons (Fsp3) is 0.714. The second-order valence-electron chi connectivity index (χ2n) is 5.09. The van der Waals surface area contributed by atoms with Crippen molar-refractivity contribution in [2.24, 2.45) is 0 Å². The third-order valence-electron chi connectivity index (χ3n) is 3.66. The molecule has 0 saturated heterocycles. The lowest BCUT2D eigenvalue weighted by atomic mass is 10.0. The van der Waals surface area contributed by atoms with Gasteiger partial charge in [0.2, 0.25) is 0 Å². The molecule has 1 atom stereocenters. The average Bonchev–Trinajstić information content (AvgIpc) is 2.72. The first kappa shape index (κ1) is 11.4. The molecular formula is C14H23P. The van der Waals surface area contributed by atoms with Crippen LogP contribution in [-0.2, 0) is 0 Å². The molecule has 1 fully saturated rings. The van der Waals surface area contributed by atoms with Crippen molar-refractivity contribution in [3.05, 3.63) is 24.3 Å². The number of hydrogen-bond donors (Lipinski definition) is 0. The largest absolute Gasteiger partial charge is 0.0898 e. The molecule has 0 N–H and O–H groups in total. The zero-order valence-corrected chi connectivity index (χ0v) is 10.9. The molecule has 2 rings (SSSR count). The van der Waals surface area contributed by atoms with Gasteiger partial charge in [0.25, 0.3) is 0 Å². The number of rotatable bonds is 3. The zero-order valence-electron chi connectivity index (χ0n) is 10.0. The lowest BCUT2D eigenvalue weighted by Gasteiger charge is -2.36. The molecule has 84 valence electrons. The molecule has 0 spiro atoms. The van der Waals surface area contributed by atoms with Gasteiger partial charge in [0.05, 0.1) is 0 Å². The van der Waals surface area contributed by atoms with Crippen molar-refractivity contribution >= 4 is 7.92 Å². The summed E-state index contributed by atoms with van der Waals surface area (Å²) >= 11 is 0. The maximum atomic E-state index is 2.43. The van der Waals surface area contributed by atoms with Gasteiger partial charge in [-0.2, -0.15) is 0 Å². The highest BCUT2D eigenvalue weighted by Crippen LogP contribution is 2.56. The molecule has 2 aliphatic rings. The highest BCUT2D eigenvalue weighted by atomic mass is 31.1. The Morgan fingerprint density at radius 1 is 1.00 bits per heavy atom. The second-order valence-corrected chi connectivity index (χ2v) is 8.35. The van der Waals surface area contributed by atoms with Gasteiger partial charge in [0, 0.05) is 5.66 Å². The van der Waals surface area contributed by atoms with E-state index in [0.717, 1.165) is 17.0 Å². The van der Waals surface area contributed by atoms with Crippen LogP contribution in [0.1, 0.15) is 46.0 Å². The number of allylic oxidation sites excluding steroid dienone is 4. The van der Waals surface area contributed by atoms with Crippen molar-refractivity contribution in [3.8, 4) is 0 Å². The van der Waals surface area contributed by atoms with Crippen LogP contribution in [0, 0.1) is 0 Å². The highest BCUT2D eigenvalue weighted by molar-refractivity contribution is 7.60. The van der Waals surface area contributed by atoms with Crippen LogP contribution in [0.3, 0.4) is 0 Å². The van der Waals surface area contributed by atoms with Crippen LogP contribution in [0.4, 0.5) is 0 Å². The Morgan fingerprint density at radius 2 is 1.60 bits per heavy atom. The standard InChI is InChI=1S/C14H23P/c1-12(2)15(14-10-6-7-11-14)13-8-4-3-5-9-13/h6-7,10-14H,3-5,8-9H2,1-2H3. The third kappa shape index (κ3) is 2.72. The minimum absolute atomic E-state index is 0.187. The van der Waals surface area contributed by atoms with Gasteiger partial charge in [0.15, 0.2) is 0 Å². The second kappa shape index (κ2) is 5.30. The van der Waals surface area contributed by atoms with Gasteiger partial charge in [0.1, 0.15) is 0 Å². The first-order valence-electron chi connectivity index (χ1n) is 6.41. The lowest BCUT2D eigenvalue weighted by molar-refractivity contribution is 0.508. The van der Waals surface area contributed by atoms with Crippen molar-refractivity contribution in [3.63, 3.8) is 0 Å². The third-order valence-corrected chi connectivity index (χ3v) is 7.25. The Kier molecular flexibility index (Phi) is 4.03. The molecule has 0 amide bonds. The SMILES string of the molecule is CC(C)P(C1C=CC=C1)C1CCCCC1. The first-order valence-corrected chi connectivity index (χ1v) is 7.96. The van der Waals surface area contributed by atoms with Crippen LogP contribution in [0.15, 0.2) is 24.3 Å². The Hall–Kier alpha value is -0.0900. The van der Waals surface area contributed by atoms with Crippen LogP contribution in [0.25, 0.3) is 0 Å². The summed E-state index contributed by atoms with van der Waals surface area (Å²) in [5.41, 5.74) is 2.73. The van der Waals surface area contributed by atoms with E-state index in [-0.39, 0.29) is 7.92 Å². The predicted octanol–water partition coefficient (Wildman–Crippen LogP) is 4.70. The van der Waals surface area contributed by atoms with Crippen LogP contribution in [-0.4, -0.2) is 17.0 Å². The zero-order chi connectivity index (χ0) is 10.7. The van der Waals surface area contributed by atoms with E-state index in [1.807, 2.05) is 0 Å². The van der Waals surface area contributed by atoms with E-state index in [2.05, 4.69) is 38.2 Å². The summed E-state index contributed by atoms with van der Waals surface area (Å²) in [6, 6.07) is 0. The lowest BCUT2D eigenvalue weighted by Crippen LogP contribution is -2.20. The van der Waals surface area contributed by atoms with Gasteiger partial charge in [-0.05, 0) is 24.2 Å². The van der Waals surface area contributed by atoms with Crippen molar-refractivity contribution < 1.29 is 0 Å². The Morgan fingerprint density at radius 3 is 2.13 bits per heavy atom. The van der Waals surface area contributed by atoms with E-state index in [4.69, 9.17) is 0 Å². The summed E-state index contributed by atoms with van der Waals surface area (Å²) < 4.78 is 0. The van der Waals surface area contributed by atoms with Crippen molar-refractivity contribution in [1.29, 1.82) is 0 Å². The van der Waals surface area contributed by atoms with E-state index >= 15 is 0 Å². The maximum Gasteiger partial charge on any atom is 0.0161 e. The van der Waals surface area contributed by atoms with Crippen LogP contribution < -0.4 is 0 Å². The molecule has 0 radical (unpaired) electrons. The van der Waals surface area contributed by atoms with Gasteiger partial charge in [-0.3, -0.25) is 0 Å². The van der Waals surface area contributed by atoms with Crippen molar-refractivity contribution in [1.82, 2.24) is 0 Å². The van der Waals surface area contributed by atoms with Gasteiger partial charge < -0.3 is 0 Å². The molecule has 0 aromatic heterocycles. The summed E-state index contributed by atoms with van der Waals surface area (Å²) in [4.78, 5) is 0. The first-order chi connectivity index (χ1) is 7.29. The summed E-state index contributed by atoms with van der Waals surface area (Å²) in [6.45, 7) is 4.86. The molecular weight excluding hydrogens is 199 g/mol. The highest BCUT2D eigenvalue weighted by Gasteiger charge is 2.30. The normalized spacial score (nSPS) is 25.3. The van der Waals surface area contributed by atoms with Gasteiger partial charge >= 0.3 is 0 Å². The maximum absolute atomic E-state index is 2.43. The summed E-state index contributed by atoms with van der Waals surface area (Å²) in [5, 5.41) is 0. The molecule has 0 aromatic carbocycles. The summed E-state index contributed by atoms with van der Waals surface area (Å²) in [5.74, 6) is 0. The molecule has 0 nitrogen and oxygen atoms in total. The topological polar surface area (TPSA) is 0 Å². The average molecular weight is 222 g/mol. The molecule has 1 heteroatoms. The van der Waals surface area contributed by atoms with Crippen LogP contribution in [0.2, 0.25) is 0 Å².